The molecule has 6 heteroatoms. The first-order chi connectivity index (χ1) is 14.2. The summed E-state index contributed by atoms with van der Waals surface area (Å²) in [5.41, 5.74) is 5.49. The van der Waals surface area contributed by atoms with Crippen LogP contribution < -0.4 is 5.32 Å². The highest BCUT2D eigenvalue weighted by molar-refractivity contribution is 8.00. The van der Waals surface area contributed by atoms with Crippen LogP contribution in [0.25, 0.3) is 21.3 Å². The second-order valence-corrected chi connectivity index (χ2v) is 8.54. The molecular weight excluding hydrogens is 398 g/mol. The van der Waals surface area contributed by atoms with Crippen molar-refractivity contribution in [2.45, 2.75) is 25.3 Å². The van der Waals surface area contributed by atoms with Gasteiger partial charge in [-0.25, -0.2) is 9.97 Å². The molecule has 0 saturated heterocycles. The first-order valence-corrected chi connectivity index (χ1v) is 11.3. The zero-order chi connectivity index (χ0) is 20.2. The van der Waals surface area contributed by atoms with Gasteiger partial charge in [-0.2, -0.15) is 0 Å². The lowest BCUT2D eigenvalue weighted by Gasteiger charge is -2.10. The summed E-state index contributed by atoms with van der Waals surface area (Å²) in [6, 6.07) is 16.4. The molecule has 4 rings (SSSR count). The third-order valence-electron chi connectivity index (χ3n) is 4.71. The Morgan fingerprint density at radius 3 is 2.69 bits per heavy atom. The maximum absolute atomic E-state index is 12.5. The number of nitrogens with zero attached hydrogens (tertiary/aromatic N) is 2. The number of fused-ring (bicyclic) bond motifs is 1. The number of hydrogen-bond donors (Lipinski definition) is 1. The maximum atomic E-state index is 12.5. The predicted molar refractivity (Wildman–Crippen MR) is 123 cm³/mol. The quantitative estimate of drug-likeness (QED) is 0.309. The van der Waals surface area contributed by atoms with Crippen LogP contribution in [-0.2, 0) is 11.2 Å². The summed E-state index contributed by atoms with van der Waals surface area (Å²) in [5.74, 6) is 0.266. The molecule has 0 fully saturated rings. The van der Waals surface area contributed by atoms with Gasteiger partial charge in [0.1, 0.15) is 16.2 Å². The number of nitrogens with one attached hydrogen (secondary N) is 1. The normalized spacial score (nSPS) is 11.0. The molecule has 0 aliphatic heterocycles. The van der Waals surface area contributed by atoms with Crippen LogP contribution >= 0.6 is 23.1 Å². The largest absolute Gasteiger partial charge is 0.325 e. The predicted octanol–water partition coefficient (Wildman–Crippen LogP) is 5.96. The molecule has 29 heavy (non-hydrogen) atoms. The van der Waals surface area contributed by atoms with Crippen LogP contribution in [0.2, 0.25) is 0 Å². The second kappa shape index (κ2) is 8.76. The Kier molecular flexibility index (Phi) is 5.92. The van der Waals surface area contributed by atoms with E-state index in [9.17, 15) is 4.79 Å². The number of thioether (sulfide) groups is 1. The van der Waals surface area contributed by atoms with Crippen LogP contribution in [0.15, 0.2) is 65.3 Å². The molecule has 0 atom stereocenters. The van der Waals surface area contributed by atoms with Crippen LogP contribution in [-0.4, -0.2) is 21.6 Å². The second-order valence-electron chi connectivity index (χ2n) is 6.72. The lowest BCUT2D eigenvalue weighted by Crippen LogP contribution is -2.15. The zero-order valence-corrected chi connectivity index (χ0v) is 17.9. The van der Waals surface area contributed by atoms with Gasteiger partial charge in [0.25, 0.3) is 0 Å². The van der Waals surface area contributed by atoms with E-state index in [2.05, 4.69) is 58.8 Å². The summed E-state index contributed by atoms with van der Waals surface area (Å²) in [4.78, 5) is 22.4. The number of anilines is 1. The van der Waals surface area contributed by atoms with E-state index < -0.39 is 0 Å². The Morgan fingerprint density at radius 1 is 1.10 bits per heavy atom. The van der Waals surface area contributed by atoms with Crippen LogP contribution in [0, 0.1) is 6.92 Å². The fraction of sp³-hybridized carbons (Fsp3) is 0.174. The van der Waals surface area contributed by atoms with Crippen LogP contribution in [0.4, 0.5) is 5.69 Å². The van der Waals surface area contributed by atoms with E-state index in [0.717, 1.165) is 44.0 Å². The number of carbonyl (C=O) groups excluding carboxylic acids is 1. The number of aryl methyl sites for hydroxylation is 2. The average Bonchev–Trinajstić information content (AvgIpc) is 3.18. The first kappa shape index (κ1) is 19.6. The summed E-state index contributed by atoms with van der Waals surface area (Å²) < 4.78 is 0. The SMILES string of the molecule is CCc1ccccc1NC(=O)CSc1ncnc2scc(-c3ccc(C)cc3)c12. The van der Waals surface area contributed by atoms with Gasteiger partial charge in [-0.05, 0) is 30.5 Å². The van der Waals surface area contributed by atoms with E-state index in [4.69, 9.17) is 0 Å². The highest BCUT2D eigenvalue weighted by Crippen LogP contribution is 2.37. The van der Waals surface area contributed by atoms with Crippen molar-refractivity contribution in [3.8, 4) is 11.1 Å². The number of benzene rings is 2. The Hall–Kier alpha value is -2.70. The van der Waals surface area contributed by atoms with Gasteiger partial charge in [0.15, 0.2) is 0 Å². The summed E-state index contributed by atoms with van der Waals surface area (Å²) in [7, 11) is 0. The van der Waals surface area contributed by atoms with Crippen LogP contribution in [0.5, 0.6) is 0 Å². The third kappa shape index (κ3) is 4.33. The molecule has 0 aliphatic carbocycles. The van der Waals surface area contributed by atoms with E-state index in [0.29, 0.717) is 5.75 Å². The van der Waals surface area contributed by atoms with Crippen LogP contribution in [0.1, 0.15) is 18.1 Å². The maximum Gasteiger partial charge on any atom is 0.234 e. The van der Waals surface area contributed by atoms with Gasteiger partial charge in [-0.15, -0.1) is 11.3 Å². The lowest BCUT2D eigenvalue weighted by atomic mass is 10.1. The Labute approximate surface area is 178 Å². The van der Waals surface area contributed by atoms with Gasteiger partial charge in [-0.1, -0.05) is 66.7 Å². The highest BCUT2D eigenvalue weighted by atomic mass is 32.2. The Morgan fingerprint density at radius 2 is 1.90 bits per heavy atom. The van der Waals surface area contributed by atoms with Gasteiger partial charge >= 0.3 is 0 Å². The number of rotatable bonds is 6. The smallest absolute Gasteiger partial charge is 0.234 e. The van der Waals surface area contributed by atoms with E-state index in [1.807, 2.05) is 24.3 Å². The van der Waals surface area contributed by atoms with Crippen molar-refractivity contribution in [1.82, 2.24) is 9.97 Å². The summed E-state index contributed by atoms with van der Waals surface area (Å²) in [5, 5.41) is 7.00. The zero-order valence-electron chi connectivity index (χ0n) is 16.3. The number of aromatic nitrogens is 2. The topological polar surface area (TPSA) is 54.9 Å². The molecule has 0 radical (unpaired) electrons. The minimum absolute atomic E-state index is 0.0326. The number of carbonyl (C=O) groups is 1. The molecule has 2 heterocycles. The highest BCUT2D eigenvalue weighted by Gasteiger charge is 2.15. The Balaban J connectivity index is 1.56. The minimum Gasteiger partial charge on any atom is -0.325 e. The molecule has 146 valence electrons. The summed E-state index contributed by atoms with van der Waals surface area (Å²) in [6.07, 6.45) is 2.45. The van der Waals surface area contributed by atoms with Crippen LogP contribution in [0.3, 0.4) is 0 Å². The van der Waals surface area contributed by atoms with Gasteiger partial charge in [0.2, 0.25) is 5.91 Å². The van der Waals surface area contributed by atoms with E-state index in [1.165, 1.54) is 17.3 Å². The van der Waals surface area contributed by atoms with Gasteiger partial charge < -0.3 is 5.32 Å². The molecule has 2 aromatic carbocycles. The number of para-hydroxylation sites is 1. The number of thiophene rings is 1. The monoisotopic (exact) mass is 419 g/mol. The molecule has 1 N–H and O–H groups in total. The molecule has 0 aliphatic rings. The van der Waals surface area contributed by atoms with Crippen molar-refractivity contribution < 1.29 is 4.79 Å². The van der Waals surface area contributed by atoms with Crippen molar-refractivity contribution in [2.24, 2.45) is 0 Å². The molecule has 4 nitrogen and oxygen atoms in total. The van der Waals surface area contributed by atoms with Gasteiger partial charge in [0.05, 0.1) is 11.1 Å². The van der Waals surface area contributed by atoms with Crippen molar-refractivity contribution in [3.05, 3.63) is 71.4 Å². The van der Waals surface area contributed by atoms with Gasteiger partial charge in [-0.3, -0.25) is 4.79 Å². The molecule has 4 aromatic rings. The molecule has 0 saturated carbocycles. The Bertz CT molecular complexity index is 1150. The summed E-state index contributed by atoms with van der Waals surface area (Å²) >= 11 is 3.05. The molecule has 0 unspecified atom stereocenters. The third-order valence-corrected chi connectivity index (χ3v) is 6.59. The molecule has 2 aromatic heterocycles. The van der Waals surface area contributed by atoms with E-state index in [-0.39, 0.29) is 5.91 Å². The molecule has 0 bridgehead atoms. The lowest BCUT2D eigenvalue weighted by molar-refractivity contribution is -0.113. The number of hydrogen-bond acceptors (Lipinski definition) is 5. The van der Waals surface area contributed by atoms with Crippen molar-refractivity contribution in [3.63, 3.8) is 0 Å². The standard InChI is InChI=1S/C23H21N3OS2/c1-3-16-6-4-5-7-19(16)26-20(27)13-29-23-21-18(12-28-22(21)24-14-25-23)17-10-8-15(2)9-11-17/h4-12,14H,3,13H2,1-2H3,(H,26,27). The van der Waals surface area contributed by atoms with Crippen molar-refractivity contribution in [1.29, 1.82) is 0 Å². The fourth-order valence-corrected chi connectivity index (χ4v) is 4.97. The fourth-order valence-electron chi connectivity index (χ4n) is 3.17. The minimum atomic E-state index is -0.0326. The van der Waals surface area contributed by atoms with Gasteiger partial charge in [0, 0.05) is 16.6 Å². The van der Waals surface area contributed by atoms with E-state index in [1.54, 1.807) is 17.7 Å². The van der Waals surface area contributed by atoms with Crippen molar-refractivity contribution in [2.75, 3.05) is 11.1 Å². The number of amides is 1. The summed E-state index contributed by atoms with van der Waals surface area (Å²) in [6.45, 7) is 4.16. The van der Waals surface area contributed by atoms with E-state index >= 15 is 0 Å². The average molecular weight is 420 g/mol. The molecule has 1 amide bonds. The first-order valence-electron chi connectivity index (χ1n) is 9.45. The molecular formula is C23H21N3OS2. The molecule has 0 spiro atoms. The van der Waals surface area contributed by atoms with Crippen molar-refractivity contribution >= 4 is 44.9 Å².